The molecule has 2 N–H and O–H groups in total. The van der Waals surface area contributed by atoms with E-state index in [1.807, 2.05) is 6.92 Å². The molecule has 0 amide bonds. The van der Waals surface area contributed by atoms with Crippen LogP contribution in [0.2, 0.25) is 0 Å². The minimum absolute atomic E-state index is 0.203. The third-order valence-corrected chi connectivity index (χ3v) is 2.47. The van der Waals surface area contributed by atoms with Gasteiger partial charge in [-0.15, -0.1) is 0 Å². The minimum Gasteiger partial charge on any atom is -0.484 e. The molecule has 0 aliphatic carbocycles. The summed E-state index contributed by atoms with van der Waals surface area (Å²) >= 11 is 0. The molecule has 0 unspecified atom stereocenters. The smallest absolute Gasteiger partial charge is 0.220 e. The molecule has 0 spiro atoms. The van der Waals surface area contributed by atoms with E-state index in [2.05, 4.69) is 9.97 Å². The molecule has 0 saturated carbocycles. The molecule has 0 aliphatic rings. The van der Waals surface area contributed by atoms with Crippen LogP contribution in [0.15, 0.2) is 36.5 Å². The second-order valence-corrected chi connectivity index (χ2v) is 3.81. The molecule has 94 valence electrons. The van der Waals surface area contributed by atoms with Gasteiger partial charge in [0.25, 0.3) is 0 Å². The quantitative estimate of drug-likeness (QED) is 0.902. The average Bonchev–Trinajstić information content (AvgIpc) is 2.36. The van der Waals surface area contributed by atoms with E-state index in [9.17, 15) is 4.39 Å². The van der Waals surface area contributed by atoms with Crippen LogP contribution in [0.3, 0.4) is 0 Å². The summed E-state index contributed by atoms with van der Waals surface area (Å²) in [5, 5.41) is 0. The predicted octanol–water partition coefficient (Wildman–Crippen LogP) is 2.73. The van der Waals surface area contributed by atoms with Crippen molar-refractivity contribution in [2.24, 2.45) is 0 Å². The molecule has 0 bridgehead atoms. The van der Waals surface area contributed by atoms with Gasteiger partial charge >= 0.3 is 0 Å². The Morgan fingerprint density at radius 1 is 1.39 bits per heavy atom. The van der Waals surface area contributed by atoms with E-state index < -0.39 is 0 Å². The van der Waals surface area contributed by atoms with Crippen LogP contribution in [0.4, 0.5) is 10.3 Å². The number of ether oxygens (including phenoxy) is 1. The lowest BCUT2D eigenvalue weighted by atomic mass is 10.2. The number of halogens is 1. The fraction of sp³-hybridized carbons (Fsp3) is 0.231. The van der Waals surface area contributed by atoms with Gasteiger partial charge in [-0.05, 0) is 24.6 Å². The second kappa shape index (κ2) is 5.44. The van der Waals surface area contributed by atoms with Gasteiger partial charge in [-0.3, -0.25) is 0 Å². The number of hydrogen-bond acceptors (Lipinski definition) is 4. The molecule has 5 heteroatoms. The standard InChI is InChI=1S/C13H14FN3O/c1-2-12(11-6-7-16-13(15)17-11)18-10-5-3-4-9(14)8-10/h3-8,12H,2H2,1H3,(H2,15,16,17)/t12-/m1/s1. The van der Waals surface area contributed by atoms with Gasteiger partial charge in [0.2, 0.25) is 5.95 Å². The van der Waals surface area contributed by atoms with E-state index in [-0.39, 0.29) is 17.9 Å². The van der Waals surface area contributed by atoms with Crippen LogP contribution in [0.1, 0.15) is 25.1 Å². The third-order valence-electron chi connectivity index (χ3n) is 2.47. The van der Waals surface area contributed by atoms with Crippen LogP contribution in [0, 0.1) is 5.82 Å². The fourth-order valence-corrected chi connectivity index (χ4v) is 1.63. The van der Waals surface area contributed by atoms with Crippen molar-refractivity contribution < 1.29 is 9.13 Å². The highest BCUT2D eigenvalue weighted by Crippen LogP contribution is 2.23. The Bertz CT molecular complexity index is 533. The topological polar surface area (TPSA) is 61.0 Å². The summed E-state index contributed by atoms with van der Waals surface area (Å²) in [4.78, 5) is 7.94. The van der Waals surface area contributed by atoms with E-state index in [1.54, 1.807) is 24.4 Å². The molecule has 0 aliphatic heterocycles. The highest BCUT2D eigenvalue weighted by Gasteiger charge is 2.13. The molecule has 0 fully saturated rings. The Hall–Kier alpha value is -2.17. The first-order valence-corrected chi connectivity index (χ1v) is 5.69. The zero-order valence-electron chi connectivity index (χ0n) is 10.0. The molecule has 1 aromatic heterocycles. The van der Waals surface area contributed by atoms with E-state index in [1.165, 1.54) is 12.1 Å². The molecule has 1 heterocycles. The van der Waals surface area contributed by atoms with E-state index in [4.69, 9.17) is 10.5 Å². The van der Waals surface area contributed by atoms with Crippen molar-refractivity contribution in [2.75, 3.05) is 5.73 Å². The largest absolute Gasteiger partial charge is 0.484 e. The number of aromatic nitrogens is 2. The maximum Gasteiger partial charge on any atom is 0.220 e. The van der Waals surface area contributed by atoms with E-state index in [0.29, 0.717) is 17.9 Å². The number of anilines is 1. The van der Waals surface area contributed by atoms with Crippen molar-refractivity contribution in [3.63, 3.8) is 0 Å². The van der Waals surface area contributed by atoms with Gasteiger partial charge in [0.05, 0.1) is 5.69 Å². The van der Waals surface area contributed by atoms with Crippen LogP contribution >= 0.6 is 0 Å². The average molecular weight is 247 g/mol. The summed E-state index contributed by atoms with van der Waals surface area (Å²) in [5.41, 5.74) is 6.22. The van der Waals surface area contributed by atoms with Crippen LogP contribution in [0.25, 0.3) is 0 Å². The molecule has 2 aromatic rings. The van der Waals surface area contributed by atoms with Crippen LogP contribution < -0.4 is 10.5 Å². The Balaban J connectivity index is 2.19. The number of nitrogen functional groups attached to an aromatic ring is 1. The molecule has 1 atom stereocenters. The molecule has 2 rings (SSSR count). The molecule has 0 radical (unpaired) electrons. The zero-order valence-corrected chi connectivity index (χ0v) is 10.0. The van der Waals surface area contributed by atoms with Crippen molar-refractivity contribution >= 4 is 5.95 Å². The predicted molar refractivity (Wildman–Crippen MR) is 66.5 cm³/mol. The molecule has 1 aromatic carbocycles. The van der Waals surface area contributed by atoms with Gasteiger partial charge in [0.1, 0.15) is 17.7 Å². The molecule has 0 saturated heterocycles. The van der Waals surface area contributed by atoms with Crippen molar-refractivity contribution in [1.82, 2.24) is 9.97 Å². The summed E-state index contributed by atoms with van der Waals surface area (Å²) in [5.74, 6) is 0.345. The van der Waals surface area contributed by atoms with Crippen LogP contribution in [-0.4, -0.2) is 9.97 Å². The Morgan fingerprint density at radius 2 is 2.22 bits per heavy atom. The van der Waals surface area contributed by atoms with Crippen molar-refractivity contribution in [2.45, 2.75) is 19.4 Å². The second-order valence-electron chi connectivity index (χ2n) is 3.81. The highest BCUT2D eigenvalue weighted by molar-refractivity contribution is 5.24. The van der Waals surface area contributed by atoms with Gasteiger partial charge in [0, 0.05) is 12.3 Å². The molecular formula is C13H14FN3O. The maximum absolute atomic E-state index is 13.1. The normalized spacial score (nSPS) is 12.1. The Morgan fingerprint density at radius 3 is 2.89 bits per heavy atom. The van der Waals surface area contributed by atoms with Crippen molar-refractivity contribution in [1.29, 1.82) is 0 Å². The number of hydrogen-bond donors (Lipinski definition) is 1. The number of nitrogens with two attached hydrogens (primary N) is 1. The zero-order chi connectivity index (χ0) is 13.0. The van der Waals surface area contributed by atoms with Crippen molar-refractivity contribution in [3.05, 3.63) is 48.0 Å². The van der Waals surface area contributed by atoms with E-state index >= 15 is 0 Å². The van der Waals surface area contributed by atoms with Gasteiger partial charge in [0.15, 0.2) is 0 Å². The monoisotopic (exact) mass is 247 g/mol. The lowest BCUT2D eigenvalue weighted by Crippen LogP contribution is -2.10. The molecular weight excluding hydrogens is 233 g/mol. The van der Waals surface area contributed by atoms with Crippen molar-refractivity contribution in [3.8, 4) is 5.75 Å². The summed E-state index contributed by atoms with van der Waals surface area (Å²) < 4.78 is 18.8. The first-order chi connectivity index (χ1) is 8.69. The number of nitrogens with zero attached hydrogens (tertiary/aromatic N) is 2. The lowest BCUT2D eigenvalue weighted by molar-refractivity contribution is 0.195. The SMILES string of the molecule is CC[C@@H](Oc1cccc(F)c1)c1ccnc(N)n1. The third kappa shape index (κ3) is 2.94. The Labute approximate surface area is 105 Å². The first-order valence-electron chi connectivity index (χ1n) is 5.69. The summed E-state index contributed by atoms with van der Waals surface area (Å²) in [6.45, 7) is 1.96. The van der Waals surface area contributed by atoms with Gasteiger partial charge in [-0.1, -0.05) is 13.0 Å². The maximum atomic E-state index is 13.1. The highest BCUT2D eigenvalue weighted by atomic mass is 19.1. The summed E-state index contributed by atoms with van der Waals surface area (Å²) in [7, 11) is 0. The first kappa shape index (κ1) is 12.3. The summed E-state index contributed by atoms with van der Waals surface area (Å²) in [6.07, 6.45) is 2.01. The van der Waals surface area contributed by atoms with Gasteiger partial charge < -0.3 is 10.5 Å². The molecule has 4 nitrogen and oxygen atoms in total. The lowest BCUT2D eigenvalue weighted by Gasteiger charge is -2.17. The van der Waals surface area contributed by atoms with Crippen LogP contribution in [0.5, 0.6) is 5.75 Å². The Kier molecular flexibility index (Phi) is 3.72. The summed E-state index contributed by atoms with van der Waals surface area (Å²) in [6, 6.07) is 7.76. The van der Waals surface area contributed by atoms with E-state index in [0.717, 1.165) is 0 Å². The fourth-order valence-electron chi connectivity index (χ4n) is 1.63. The van der Waals surface area contributed by atoms with Gasteiger partial charge in [-0.25, -0.2) is 14.4 Å². The number of benzene rings is 1. The number of rotatable bonds is 4. The minimum atomic E-state index is -0.329. The van der Waals surface area contributed by atoms with Crippen LogP contribution in [-0.2, 0) is 0 Å². The molecule has 18 heavy (non-hydrogen) atoms. The van der Waals surface area contributed by atoms with Gasteiger partial charge in [-0.2, -0.15) is 0 Å².